The standard InChI is InChI=1S/C11H12N2OS/c1-12-10-7-15-11(13-10)8-3-5-9(14-2)6-4-8/h3-7,12H,1-2H3. The van der Waals surface area contributed by atoms with Gasteiger partial charge in [0, 0.05) is 18.0 Å². The van der Waals surface area contributed by atoms with E-state index in [2.05, 4.69) is 10.3 Å². The average molecular weight is 220 g/mol. The SMILES string of the molecule is CNc1csc(-c2ccc(OC)cc2)n1. The Bertz CT molecular complexity index is 436. The van der Waals surface area contributed by atoms with Crippen molar-refractivity contribution in [2.45, 2.75) is 0 Å². The molecule has 0 aliphatic heterocycles. The zero-order valence-corrected chi connectivity index (χ0v) is 9.47. The number of ether oxygens (including phenoxy) is 1. The van der Waals surface area contributed by atoms with Crippen molar-refractivity contribution in [2.24, 2.45) is 0 Å². The lowest BCUT2D eigenvalue weighted by molar-refractivity contribution is 0.415. The van der Waals surface area contributed by atoms with Gasteiger partial charge in [0.1, 0.15) is 16.6 Å². The van der Waals surface area contributed by atoms with Crippen molar-refractivity contribution >= 4 is 17.2 Å². The molecular weight excluding hydrogens is 208 g/mol. The van der Waals surface area contributed by atoms with Crippen molar-refractivity contribution in [1.29, 1.82) is 0 Å². The smallest absolute Gasteiger partial charge is 0.137 e. The maximum atomic E-state index is 5.10. The molecule has 1 heterocycles. The third kappa shape index (κ3) is 2.10. The Morgan fingerprint density at radius 3 is 2.53 bits per heavy atom. The Balaban J connectivity index is 2.28. The summed E-state index contributed by atoms with van der Waals surface area (Å²) >= 11 is 1.63. The van der Waals surface area contributed by atoms with Gasteiger partial charge in [-0.2, -0.15) is 0 Å². The summed E-state index contributed by atoms with van der Waals surface area (Å²) in [6.07, 6.45) is 0. The average Bonchev–Trinajstić information content (AvgIpc) is 2.78. The first-order valence-corrected chi connectivity index (χ1v) is 5.49. The van der Waals surface area contributed by atoms with Gasteiger partial charge in [0.15, 0.2) is 0 Å². The van der Waals surface area contributed by atoms with Gasteiger partial charge in [0.2, 0.25) is 0 Å². The van der Waals surface area contributed by atoms with Crippen molar-refractivity contribution in [1.82, 2.24) is 4.98 Å². The highest BCUT2D eigenvalue weighted by Gasteiger charge is 2.03. The first-order valence-electron chi connectivity index (χ1n) is 4.61. The first kappa shape index (κ1) is 9.98. The van der Waals surface area contributed by atoms with E-state index in [0.29, 0.717) is 0 Å². The van der Waals surface area contributed by atoms with Crippen molar-refractivity contribution in [3.63, 3.8) is 0 Å². The van der Waals surface area contributed by atoms with Gasteiger partial charge in [-0.3, -0.25) is 0 Å². The van der Waals surface area contributed by atoms with Crippen molar-refractivity contribution in [3.05, 3.63) is 29.6 Å². The number of methoxy groups -OCH3 is 1. The molecule has 0 bridgehead atoms. The van der Waals surface area contributed by atoms with E-state index in [1.54, 1.807) is 18.4 Å². The fraction of sp³-hybridized carbons (Fsp3) is 0.182. The number of hydrogen-bond acceptors (Lipinski definition) is 4. The number of nitrogens with one attached hydrogen (secondary N) is 1. The van der Waals surface area contributed by atoms with E-state index in [4.69, 9.17) is 4.74 Å². The summed E-state index contributed by atoms with van der Waals surface area (Å²) in [6, 6.07) is 7.90. The molecule has 1 N–H and O–H groups in total. The van der Waals surface area contributed by atoms with Gasteiger partial charge >= 0.3 is 0 Å². The van der Waals surface area contributed by atoms with Gasteiger partial charge in [-0.15, -0.1) is 11.3 Å². The van der Waals surface area contributed by atoms with Crippen LogP contribution in [0.25, 0.3) is 10.6 Å². The van der Waals surface area contributed by atoms with Crippen LogP contribution in [-0.4, -0.2) is 19.1 Å². The second kappa shape index (κ2) is 4.31. The fourth-order valence-corrected chi connectivity index (χ4v) is 2.07. The Hall–Kier alpha value is -1.55. The van der Waals surface area contributed by atoms with E-state index in [0.717, 1.165) is 22.1 Å². The van der Waals surface area contributed by atoms with Crippen LogP contribution < -0.4 is 10.1 Å². The van der Waals surface area contributed by atoms with Crippen molar-refractivity contribution in [3.8, 4) is 16.3 Å². The highest BCUT2D eigenvalue weighted by atomic mass is 32.1. The summed E-state index contributed by atoms with van der Waals surface area (Å²) in [6.45, 7) is 0. The molecule has 0 aliphatic rings. The predicted octanol–water partition coefficient (Wildman–Crippen LogP) is 2.86. The Labute approximate surface area is 92.7 Å². The monoisotopic (exact) mass is 220 g/mol. The molecule has 0 unspecified atom stereocenters. The molecule has 2 aromatic rings. The topological polar surface area (TPSA) is 34.1 Å². The van der Waals surface area contributed by atoms with Gasteiger partial charge in [0.05, 0.1) is 7.11 Å². The summed E-state index contributed by atoms with van der Waals surface area (Å²) in [5.74, 6) is 1.77. The van der Waals surface area contributed by atoms with Gasteiger partial charge in [-0.1, -0.05) is 0 Å². The minimum atomic E-state index is 0.865. The zero-order chi connectivity index (χ0) is 10.7. The van der Waals surface area contributed by atoms with Crippen molar-refractivity contribution in [2.75, 3.05) is 19.5 Å². The molecule has 2 rings (SSSR count). The van der Waals surface area contributed by atoms with Crippen LogP contribution in [0.3, 0.4) is 0 Å². The summed E-state index contributed by atoms with van der Waals surface area (Å²) in [5, 5.41) is 6.03. The van der Waals surface area contributed by atoms with Crippen LogP contribution in [-0.2, 0) is 0 Å². The molecule has 4 heteroatoms. The maximum absolute atomic E-state index is 5.10. The summed E-state index contributed by atoms with van der Waals surface area (Å²) in [7, 11) is 3.53. The first-order chi connectivity index (χ1) is 7.33. The molecule has 78 valence electrons. The Morgan fingerprint density at radius 2 is 2.00 bits per heavy atom. The van der Waals surface area contributed by atoms with E-state index in [1.807, 2.05) is 36.7 Å². The number of thiazole rings is 1. The predicted molar refractivity (Wildman–Crippen MR) is 63.6 cm³/mol. The minimum Gasteiger partial charge on any atom is -0.497 e. The van der Waals surface area contributed by atoms with E-state index in [1.165, 1.54) is 0 Å². The number of aromatic nitrogens is 1. The summed E-state index contributed by atoms with van der Waals surface area (Å²) in [4.78, 5) is 4.42. The van der Waals surface area contributed by atoms with Crippen LogP contribution in [0.1, 0.15) is 0 Å². The van der Waals surface area contributed by atoms with E-state index in [-0.39, 0.29) is 0 Å². The van der Waals surface area contributed by atoms with Crippen LogP contribution in [0, 0.1) is 0 Å². The summed E-state index contributed by atoms with van der Waals surface area (Å²) in [5.41, 5.74) is 1.11. The molecular formula is C11H12N2OS. The highest BCUT2D eigenvalue weighted by Crippen LogP contribution is 2.26. The van der Waals surface area contributed by atoms with E-state index < -0.39 is 0 Å². The number of rotatable bonds is 3. The molecule has 1 aromatic heterocycles. The van der Waals surface area contributed by atoms with E-state index >= 15 is 0 Å². The number of nitrogens with zero attached hydrogens (tertiary/aromatic N) is 1. The van der Waals surface area contributed by atoms with Crippen LogP contribution >= 0.6 is 11.3 Å². The lowest BCUT2D eigenvalue weighted by Gasteiger charge is -2.00. The van der Waals surface area contributed by atoms with Crippen molar-refractivity contribution < 1.29 is 4.74 Å². The van der Waals surface area contributed by atoms with Crippen LogP contribution in [0.4, 0.5) is 5.82 Å². The maximum Gasteiger partial charge on any atom is 0.137 e. The van der Waals surface area contributed by atoms with E-state index in [9.17, 15) is 0 Å². The summed E-state index contributed by atoms with van der Waals surface area (Å²) < 4.78 is 5.10. The lowest BCUT2D eigenvalue weighted by atomic mass is 10.2. The molecule has 15 heavy (non-hydrogen) atoms. The largest absolute Gasteiger partial charge is 0.497 e. The molecule has 0 amide bonds. The molecule has 0 saturated carbocycles. The molecule has 0 aliphatic carbocycles. The molecule has 0 saturated heterocycles. The molecule has 0 fully saturated rings. The van der Waals surface area contributed by atoms with Gasteiger partial charge in [-0.25, -0.2) is 4.98 Å². The van der Waals surface area contributed by atoms with Crippen LogP contribution in [0.2, 0.25) is 0 Å². The second-order valence-electron chi connectivity index (χ2n) is 3.02. The van der Waals surface area contributed by atoms with Crippen LogP contribution in [0.5, 0.6) is 5.75 Å². The number of anilines is 1. The van der Waals surface area contributed by atoms with Crippen LogP contribution in [0.15, 0.2) is 29.6 Å². The normalized spacial score (nSPS) is 10.0. The fourth-order valence-electron chi connectivity index (χ4n) is 1.25. The Kier molecular flexibility index (Phi) is 2.87. The minimum absolute atomic E-state index is 0.865. The number of hydrogen-bond donors (Lipinski definition) is 1. The lowest BCUT2D eigenvalue weighted by Crippen LogP contribution is -1.87. The zero-order valence-electron chi connectivity index (χ0n) is 8.65. The second-order valence-corrected chi connectivity index (χ2v) is 3.87. The van der Waals surface area contributed by atoms with Gasteiger partial charge in [-0.05, 0) is 24.3 Å². The molecule has 0 spiro atoms. The van der Waals surface area contributed by atoms with Gasteiger partial charge in [0.25, 0.3) is 0 Å². The Morgan fingerprint density at radius 1 is 1.27 bits per heavy atom. The number of benzene rings is 1. The molecule has 0 atom stereocenters. The quantitative estimate of drug-likeness (QED) is 0.863. The molecule has 1 aromatic carbocycles. The molecule has 3 nitrogen and oxygen atoms in total. The molecule has 0 radical (unpaired) electrons. The van der Waals surface area contributed by atoms with Gasteiger partial charge < -0.3 is 10.1 Å². The highest BCUT2D eigenvalue weighted by molar-refractivity contribution is 7.13. The third-order valence-electron chi connectivity index (χ3n) is 2.10. The third-order valence-corrected chi connectivity index (χ3v) is 2.99.